The fourth-order valence-electron chi connectivity index (χ4n) is 2.57. The van der Waals surface area contributed by atoms with E-state index in [0.29, 0.717) is 13.2 Å². The molecule has 1 N–H and O–H groups in total. The second kappa shape index (κ2) is 9.86. The Balaban J connectivity index is 1.99. The molecule has 0 spiro atoms. The van der Waals surface area contributed by atoms with Gasteiger partial charge in [-0.1, -0.05) is 26.2 Å². The van der Waals surface area contributed by atoms with Crippen LogP contribution in [0.2, 0.25) is 0 Å². The van der Waals surface area contributed by atoms with Crippen LogP contribution in [0, 0.1) is 5.92 Å². The molecule has 1 fully saturated rings. The zero-order valence-electron chi connectivity index (χ0n) is 11.5. The first-order valence-electron chi connectivity index (χ1n) is 7.16. The minimum atomic E-state index is 0.696. The number of methoxy groups -OCH3 is 1. The largest absolute Gasteiger partial charge is 0.382 e. The van der Waals surface area contributed by atoms with E-state index in [4.69, 9.17) is 9.47 Å². The Morgan fingerprint density at radius 1 is 1.06 bits per heavy atom. The fourth-order valence-corrected chi connectivity index (χ4v) is 2.57. The van der Waals surface area contributed by atoms with E-state index in [1.54, 1.807) is 7.11 Å². The van der Waals surface area contributed by atoms with Gasteiger partial charge in [0, 0.05) is 19.7 Å². The van der Waals surface area contributed by atoms with Gasteiger partial charge in [0.2, 0.25) is 0 Å². The van der Waals surface area contributed by atoms with Crippen molar-refractivity contribution in [1.82, 2.24) is 5.32 Å². The first kappa shape index (κ1) is 14.9. The Bertz CT molecular complexity index is 176. The van der Waals surface area contributed by atoms with Crippen molar-refractivity contribution in [3.8, 4) is 0 Å². The van der Waals surface area contributed by atoms with Gasteiger partial charge in [-0.3, -0.25) is 0 Å². The minimum absolute atomic E-state index is 0.696. The van der Waals surface area contributed by atoms with Crippen molar-refractivity contribution < 1.29 is 9.47 Å². The molecule has 2 atom stereocenters. The standard InChI is InChI=1S/C14H29NO2/c1-3-13-5-4-6-14(8-7-13)15-9-10-17-12-11-16-2/h13-15H,3-12H2,1-2H3. The molecular weight excluding hydrogens is 214 g/mol. The van der Waals surface area contributed by atoms with E-state index in [1.165, 1.54) is 38.5 Å². The van der Waals surface area contributed by atoms with Gasteiger partial charge in [0.1, 0.15) is 0 Å². The summed E-state index contributed by atoms with van der Waals surface area (Å²) in [6, 6.07) is 0.720. The highest BCUT2D eigenvalue weighted by Crippen LogP contribution is 2.25. The summed E-state index contributed by atoms with van der Waals surface area (Å²) in [7, 11) is 1.71. The quantitative estimate of drug-likeness (QED) is 0.525. The lowest BCUT2D eigenvalue weighted by Crippen LogP contribution is -2.31. The molecule has 0 aromatic rings. The highest BCUT2D eigenvalue weighted by atomic mass is 16.5. The lowest BCUT2D eigenvalue weighted by Gasteiger charge is -2.16. The Labute approximate surface area is 106 Å². The van der Waals surface area contributed by atoms with Crippen molar-refractivity contribution in [2.75, 3.05) is 33.5 Å². The van der Waals surface area contributed by atoms with Crippen LogP contribution in [0.4, 0.5) is 0 Å². The molecule has 2 unspecified atom stereocenters. The first-order chi connectivity index (χ1) is 8.36. The second-order valence-corrected chi connectivity index (χ2v) is 5.04. The molecule has 17 heavy (non-hydrogen) atoms. The van der Waals surface area contributed by atoms with E-state index in [2.05, 4.69) is 12.2 Å². The van der Waals surface area contributed by atoms with Gasteiger partial charge in [0.25, 0.3) is 0 Å². The second-order valence-electron chi connectivity index (χ2n) is 5.04. The van der Waals surface area contributed by atoms with Crippen LogP contribution in [-0.4, -0.2) is 39.5 Å². The van der Waals surface area contributed by atoms with Gasteiger partial charge >= 0.3 is 0 Å². The van der Waals surface area contributed by atoms with Crippen LogP contribution in [-0.2, 0) is 9.47 Å². The van der Waals surface area contributed by atoms with E-state index < -0.39 is 0 Å². The average Bonchev–Trinajstić information content (AvgIpc) is 2.59. The molecule has 1 aliphatic carbocycles. The fraction of sp³-hybridized carbons (Fsp3) is 1.00. The lowest BCUT2D eigenvalue weighted by atomic mass is 9.98. The van der Waals surface area contributed by atoms with Crippen molar-refractivity contribution in [2.24, 2.45) is 5.92 Å². The molecule has 102 valence electrons. The van der Waals surface area contributed by atoms with Gasteiger partial charge < -0.3 is 14.8 Å². The molecule has 0 aromatic carbocycles. The normalized spacial score (nSPS) is 25.8. The Morgan fingerprint density at radius 2 is 1.94 bits per heavy atom. The Hall–Kier alpha value is -0.120. The van der Waals surface area contributed by atoms with Crippen molar-refractivity contribution in [1.29, 1.82) is 0 Å². The third-order valence-corrected chi connectivity index (χ3v) is 3.78. The molecule has 3 nitrogen and oxygen atoms in total. The topological polar surface area (TPSA) is 30.5 Å². The third-order valence-electron chi connectivity index (χ3n) is 3.78. The van der Waals surface area contributed by atoms with Gasteiger partial charge in [0.05, 0.1) is 19.8 Å². The molecule has 1 aliphatic rings. The van der Waals surface area contributed by atoms with E-state index in [0.717, 1.165) is 25.1 Å². The van der Waals surface area contributed by atoms with Crippen molar-refractivity contribution >= 4 is 0 Å². The molecule has 0 aliphatic heterocycles. The molecular formula is C14H29NO2. The maximum atomic E-state index is 5.45. The maximum absolute atomic E-state index is 5.45. The predicted molar refractivity (Wildman–Crippen MR) is 71.4 cm³/mol. The van der Waals surface area contributed by atoms with E-state index >= 15 is 0 Å². The van der Waals surface area contributed by atoms with Crippen LogP contribution in [0.15, 0.2) is 0 Å². The number of nitrogens with one attached hydrogen (secondary N) is 1. The molecule has 0 bridgehead atoms. The smallest absolute Gasteiger partial charge is 0.0700 e. The van der Waals surface area contributed by atoms with Crippen LogP contribution >= 0.6 is 0 Å². The molecule has 0 radical (unpaired) electrons. The van der Waals surface area contributed by atoms with E-state index in [9.17, 15) is 0 Å². The summed E-state index contributed by atoms with van der Waals surface area (Å²) in [5.41, 5.74) is 0. The SMILES string of the molecule is CCC1CCCC(NCCOCCOC)CC1. The zero-order chi connectivity index (χ0) is 12.3. The van der Waals surface area contributed by atoms with Crippen molar-refractivity contribution in [2.45, 2.75) is 51.5 Å². The van der Waals surface area contributed by atoms with Gasteiger partial charge in [-0.15, -0.1) is 0 Å². The summed E-state index contributed by atoms with van der Waals surface area (Å²) < 4.78 is 10.4. The molecule has 0 saturated heterocycles. The van der Waals surface area contributed by atoms with Crippen LogP contribution in [0.1, 0.15) is 45.4 Å². The third kappa shape index (κ3) is 7.02. The monoisotopic (exact) mass is 243 g/mol. The summed E-state index contributed by atoms with van der Waals surface area (Å²) in [6.45, 7) is 5.51. The predicted octanol–water partition coefficient (Wildman–Crippen LogP) is 2.60. The molecule has 0 amide bonds. The molecule has 1 saturated carbocycles. The Kier molecular flexibility index (Phi) is 8.67. The summed E-state index contributed by atoms with van der Waals surface area (Å²) in [5.74, 6) is 0.972. The van der Waals surface area contributed by atoms with Gasteiger partial charge in [-0.2, -0.15) is 0 Å². The highest BCUT2D eigenvalue weighted by Gasteiger charge is 2.16. The van der Waals surface area contributed by atoms with Crippen LogP contribution in [0.25, 0.3) is 0 Å². The van der Waals surface area contributed by atoms with E-state index in [1.807, 2.05) is 0 Å². The van der Waals surface area contributed by atoms with Gasteiger partial charge in [0.15, 0.2) is 0 Å². The first-order valence-corrected chi connectivity index (χ1v) is 7.16. The molecule has 0 aromatic heterocycles. The van der Waals surface area contributed by atoms with Crippen LogP contribution in [0.3, 0.4) is 0 Å². The van der Waals surface area contributed by atoms with Crippen molar-refractivity contribution in [3.63, 3.8) is 0 Å². The highest BCUT2D eigenvalue weighted by molar-refractivity contribution is 4.74. The van der Waals surface area contributed by atoms with Crippen LogP contribution in [0.5, 0.6) is 0 Å². The van der Waals surface area contributed by atoms with Gasteiger partial charge in [-0.25, -0.2) is 0 Å². The number of hydrogen-bond donors (Lipinski definition) is 1. The lowest BCUT2D eigenvalue weighted by molar-refractivity contribution is 0.0708. The Morgan fingerprint density at radius 3 is 2.71 bits per heavy atom. The molecule has 0 heterocycles. The summed E-state index contributed by atoms with van der Waals surface area (Å²) in [4.78, 5) is 0. The zero-order valence-corrected chi connectivity index (χ0v) is 11.5. The van der Waals surface area contributed by atoms with Gasteiger partial charge in [-0.05, 0) is 25.2 Å². The number of hydrogen-bond acceptors (Lipinski definition) is 3. The maximum Gasteiger partial charge on any atom is 0.0700 e. The summed E-state index contributed by atoms with van der Waals surface area (Å²) >= 11 is 0. The summed E-state index contributed by atoms with van der Waals surface area (Å²) in [6.07, 6.45) is 8.26. The average molecular weight is 243 g/mol. The minimum Gasteiger partial charge on any atom is -0.382 e. The summed E-state index contributed by atoms with van der Waals surface area (Å²) in [5, 5.41) is 3.62. The molecule has 3 heteroatoms. The van der Waals surface area contributed by atoms with Crippen molar-refractivity contribution in [3.05, 3.63) is 0 Å². The number of rotatable bonds is 8. The number of ether oxygens (including phenoxy) is 2. The molecule has 1 rings (SSSR count). The van der Waals surface area contributed by atoms with E-state index in [-0.39, 0.29) is 0 Å². The van der Waals surface area contributed by atoms with Crippen LogP contribution < -0.4 is 5.32 Å².